The molecule has 2 amide bonds. The number of aliphatic hydroxyl groups excluding tert-OH is 1. The maximum absolute atomic E-state index is 13.5. The van der Waals surface area contributed by atoms with Gasteiger partial charge in [0.25, 0.3) is 5.91 Å². The molecular weight excluding hydrogens is 550 g/mol. The third kappa shape index (κ3) is 9.96. The van der Waals surface area contributed by atoms with Crippen LogP contribution >= 0.6 is 0 Å². The molecule has 0 bridgehead atoms. The molecule has 1 aliphatic rings. The quantitative estimate of drug-likeness (QED) is 0.218. The van der Waals surface area contributed by atoms with Crippen molar-refractivity contribution >= 4 is 12.0 Å². The zero-order valence-corrected chi connectivity index (χ0v) is 26.1. The van der Waals surface area contributed by atoms with Gasteiger partial charge >= 0.3 is 6.09 Å². The maximum atomic E-state index is 13.5. The minimum absolute atomic E-state index is 0.0491. The lowest BCUT2D eigenvalue weighted by molar-refractivity contribution is 0.0523. The van der Waals surface area contributed by atoms with Gasteiger partial charge in [0.15, 0.2) is 0 Å². The summed E-state index contributed by atoms with van der Waals surface area (Å²) in [4.78, 5) is 25.6. The summed E-state index contributed by atoms with van der Waals surface area (Å²) in [6, 6.07) is 24.9. The topological polar surface area (TPSA) is 111 Å². The number of aliphatic hydroxyl groups is 1. The van der Waals surface area contributed by atoms with Crippen LogP contribution in [0.15, 0.2) is 72.8 Å². The summed E-state index contributed by atoms with van der Waals surface area (Å²) in [5.74, 6) is 0.205. The van der Waals surface area contributed by atoms with E-state index in [1.165, 1.54) is 19.3 Å². The number of ether oxygens (including phenoxy) is 1. The van der Waals surface area contributed by atoms with Gasteiger partial charge in [-0.2, -0.15) is 5.26 Å². The molecule has 0 radical (unpaired) electrons. The molecule has 0 heterocycles. The van der Waals surface area contributed by atoms with Crippen LogP contribution in [0.1, 0.15) is 86.3 Å². The first kappa shape index (κ1) is 32.8. The molecule has 44 heavy (non-hydrogen) atoms. The van der Waals surface area contributed by atoms with Gasteiger partial charge in [-0.3, -0.25) is 4.79 Å². The lowest BCUT2D eigenvalue weighted by Gasteiger charge is -2.32. The van der Waals surface area contributed by atoms with E-state index < -0.39 is 11.7 Å². The van der Waals surface area contributed by atoms with Crippen molar-refractivity contribution in [1.82, 2.24) is 10.6 Å². The second-order valence-corrected chi connectivity index (χ2v) is 12.9. The standard InChI is InChI=1S/C37H45N3O4/c1-37(2,3)44-36(43)39-24-29-13-8-14-32(21-29)30-15-17-31(18-16-30)35(42)40-34(22-26-9-5-4-6-10-26)33(25-41)20-27-11-7-12-28(19-27)23-38/h7-8,11-19,21,26,33-34,41H,4-6,9-10,20,22,24-25H2,1-3H3,(H,39,43)(H,40,42). The van der Waals surface area contributed by atoms with Gasteiger partial charge in [-0.1, -0.05) is 74.6 Å². The van der Waals surface area contributed by atoms with Crippen LogP contribution in [0.2, 0.25) is 0 Å². The number of benzene rings is 3. The summed E-state index contributed by atoms with van der Waals surface area (Å²) in [7, 11) is 0. The fourth-order valence-electron chi connectivity index (χ4n) is 5.97. The number of nitrogens with one attached hydrogen (secondary N) is 2. The summed E-state index contributed by atoms with van der Waals surface area (Å²) >= 11 is 0. The van der Waals surface area contributed by atoms with E-state index in [0.29, 0.717) is 30.0 Å². The van der Waals surface area contributed by atoms with Crippen molar-refractivity contribution < 1.29 is 19.4 Å². The summed E-state index contributed by atoms with van der Waals surface area (Å²) in [5, 5.41) is 25.9. The molecule has 0 spiro atoms. The molecule has 1 fully saturated rings. The summed E-state index contributed by atoms with van der Waals surface area (Å²) in [5.41, 5.74) is 4.47. The van der Waals surface area contributed by atoms with Crippen molar-refractivity contribution in [2.24, 2.45) is 11.8 Å². The second-order valence-electron chi connectivity index (χ2n) is 12.9. The monoisotopic (exact) mass is 595 g/mol. The van der Waals surface area contributed by atoms with E-state index >= 15 is 0 Å². The van der Waals surface area contributed by atoms with Crippen LogP contribution in [0.25, 0.3) is 11.1 Å². The zero-order valence-electron chi connectivity index (χ0n) is 26.1. The first-order valence-corrected chi connectivity index (χ1v) is 15.7. The van der Waals surface area contributed by atoms with E-state index in [-0.39, 0.29) is 24.5 Å². The Kier molecular flexibility index (Phi) is 11.6. The highest BCUT2D eigenvalue weighted by Crippen LogP contribution is 2.30. The molecule has 7 nitrogen and oxygen atoms in total. The first-order valence-electron chi connectivity index (χ1n) is 15.7. The average molecular weight is 596 g/mol. The van der Waals surface area contributed by atoms with E-state index in [9.17, 15) is 20.0 Å². The first-order chi connectivity index (χ1) is 21.1. The molecule has 232 valence electrons. The molecule has 0 saturated heterocycles. The molecule has 0 aromatic heterocycles. The van der Waals surface area contributed by atoms with Gasteiger partial charge in [-0.05, 0) is 92.1 Å². The molecule has 0 aliphatic heterocycles. The smallest absolute Gasteiger partial charge is 0.407 e. The second kappa shape index (κ2) is 15.5. The van der Waals surface area contributed by atoms with Crippen molar-refractivity contribution in [1.29, 1.82) is 5.26 Å². The Morgan fingerprint density at radius 2 is 1.66 bits per heavy atom. The molecule has 3 aromatic rings. The van der Waals surface area contributed by atoms with E-state index in [2.05, 4.69) is 16.7 Å². The third-order valence-electron chi connectivity index (χ3n) is 8.23. The number of carbonyl (C=O) groups excluding carboxylic acids is 2. The molecular formula is C37H45N3O4. The van der Waals surface area contributed by atoms with Gasteiger partial charge in [-0.25, -0.2) is 4.79 Å². The molecule has 2 unspecified atom stereocenters. The molecule has 3 aromatic carbocycles. The fraction of sp³-hybridized carbons (Fsp3) is 0.432. The third-order valence-corrected chi connectivity index (χ3v) is 8.23. The van der Waals surface area contributed by atoms with Crippen LogP contribution in [0, 0.1) is 23.2 Å². The van der Waals surface area contributed by atoms with Crippen LogP contribution in [0.3, 0.4) is 0 Å². The minimum Gasteiger partial charge on any atom is -0.444 e. The van der Waals surface area contributed by atoms with E-state index in [4.69, 9.17) is 4.74 Å². The number of rotatable bonds is 11. The van der Waals surface area contributed by atoms with Gasteiger partial charge < -0.3 is 20.5 Å². The number of carbonyl (C=O) groups is 2. The number of nitriles is 1. The number of nitrogens with zero attached hydrogens (tertiary/aromatic N) is 1. The number of alkyl carbamates (subject to hydrolysis) is 1. The fourth-order valence-corrected chi connectivity index (χ4v) is 5.97. The predicted molar refractivity (Wildman–Crippen MR) is 173 cm³/mol. The predicted octanol–water partition coefficient (Wildman–Crippen LogP) is 7.17. The lowest BCUT2D eigenvalue weighted by atomic mass is 9.80. The summed E-state index contributed by atoms with van der Waals surface area (Å²) in [6.07, 6.45) is 6.93. The maximum Gasteiger partial charge on any atom is 0.407 e. The largest absolute Gasteiger partial charge is 0.444 e. The Labute approximate surface area is 261 Å². The molecule has 7 heteroatoms. The number of hydrogen-bond donors (Lipinski definition) is 3. The molecule has 1 saturated carbocycles. The van der Waals surface area contributed by atoms with Crippen molar-refractivity contribution in [3.05, 3.63) is 95.1 Å². The lowest BCUT2D eigenvalue weighted by Crippen LogP contribution is -2.44. The molecule has 2 atom stereocenters. The van der Waals surface area contributed by atoms with Gasteiger partial charge in [0, 0.05) is 30.7 Å². The normalized spacial score (nSPS) is 15.1. The highest BCUT2D eigenvalue weighted by atomic mass is 16.6. The van der Waals surface area contributed by atoms with Crippen molar-refractivity contribution in [2.45, 2.75) is 83.9 Å². The van der Waals surface area contributed by atoms with Gasteiger partial charge in [0.2, 0.25) is 0 Å². The van der Waals surface area contributed by atoms with Crippen LogP contribution < -0.4 is 10.6 Å². The summed E-state index contributed by atoms with van der Waals surface area (Å²) in [6.45, 7) is 5.78. The van der Waals surface area contributed by atoms with E-state index in [1.54, 1.807) is 6.07 Å². The zero-order chi connectivity index (χ0) is 31.5. The Balaban J connectivity index is 1.44. The minimum atomic E-state index is -0.557. The van der Waals surface area contributed by atoms with Gasteiger partial charge in [0.05, 0.1) is 11.6 Å². The van der Waals surface area contributed by atoms with Gasteiger partial charge in [0.1, 0.15) is 5.60 Å². The average Bonchev–Trinajstić information content (AvgIpc) is 3.02. The number of hydrogen-bond acceptors (Lipinski definition) is 5. The Morgan fingerprint density at radius 1 is 0.955 bits per heavy atom. The molecule has 1 aliphatic carbocycles. The molecule has 3 N–H and O–H groups in total. The Morgan fingerprint density at radius 3 is 2.34 bits per heavy atom. The Bertz CT molecular complexity index is 1430. The van der Waals surface area contributed by atoms with Gasteiger partial charge in [-0.15, -0.1) is 0 Å². The highest BCUT2D eigenvalue weighted by molar-refractivity contribution is 5.95. The van der Waals surface area contributed by atoms with Crippen LogP contribution in [0.5, 0.6) is 0 Å². The van der Waals surface area contributed by atoms with Crippen LogP contribution in [-0.2, 0) is 17.7 Å². The van der Waals surface area contributed by atoms with E-state index in [0.717, 1.165) is 41.5 Å². The van der Waals surface area contributed by atoms with Crippen molar-refractivity contribution in [3.8, 4) is 17.2 Å². The molecule has 4 rings (SSSR count). The van der Waals surface area contributed by atoms with Crippen LogP contribution in [0.4, 0.5) is 4.79 Å². The number of amides is 2. The summed E-state index contributed by atoms with van der Waals surface area (Å²) < 4.78 is 5.33. The SMILES string of the molecule is CC(C)(C)OC(=O)NCc1cccc(-c2ccc(C(=O)NC(CC3CCCCC3)C(CO)Cc3cccc(C#N)c3)cc2)c1. The van der Waals surface area contributed by atoms with Crippen molar-refractivity contribution in [3.63, 3.8) is 0 Å². The van der Waals surface area contributed by atoms with E-state index in [1.807, 2.05) is 87.5 Å². The Hall–Kier alpha value is -4.15. The van der Waals surface area contributed by atoms with Crippen molar-refractivity contribution in [2.75, 3.05) is 6.61 Å². The highest BCUT2D eigenvalue weighted by Gasteiger charge is 2.28. The van der Waals surface area contributed by atoms with Crippen LogP contribution in [-0.4, -0.2) is 35.4 Å².